The Balaban J connectivity index is 2.64. The zero-order chi connectivity index (χ0) is 9.26. The molecular weight excluding hydrogens is 136 g/mol. The minimum absolute atomic E-state index is 0.322. The Hall–Kier alpha value is -1.57. The number of benzene rings is 1. The molecule has 0 bridgehead atoms. The molecule has 0 saturated heterocycles. The van der Waals surface area contributed by atoms with Crippen molar-refractivity contribution in [2.45, 2.75) is 0 Å². The van der Waals surface area contributed by atoms with Crippen molar-refractivity contribution in [3.63, 3.8) is 0 Å². The van der Waals surface area contributed by atoms with E-state index >= 15 is 0 Å². The fourth-order valence-corrected chi connectivity index (χ4v) is 0.891. The van der Waals surface area contributed by atoms with Crippen LogP contribution in [0.15, 0.2) is 42.7 Å². The van der Waals surface area contributed by atoms with Crippen molar-refractivity contribution >= 4 is 0 Å². The van der Waals surface area contributed by atoms with E-state index in [1.54, 1.807) is 30.6 Å². The second-order valence-corrected chi connectivity index (χ2v) is 2.13. The number of rotatable bonds is 1. The molecule has 0 radical (unpaired) electrons. The van der Waals surface area contributed by atoms with Crippen molar-refractivity contribution in [3.05, 3.63) is 42.7 Å². The highest BCUT2D eigenvalue weighted by Gasteiger charge is 1.94. The van der Waals surface area contributed by atoms with Crippen molar-refractivity contribution in [3.8, 4) is 11.4 Å². The van der Waals surface area contributed by atoms with Crippen LogP contribution in [0.25, 0.3) is 11.4 Å². The minimum atomic E-state index is 0.322. The van der Waals surface area contributed by atoms with Gasteiger partial charge in [-0.1, -0.05) is 30.3 Å². The lowest BCUT2D eigenvalue weighted by Gasteiger charge is -1.92. The Kier molecular flexibility index (Phi) is 1.02. The van der Waals surface area contributed by atoms with E-state index in [1.165, 1.54) is 0 Å². The second-order valence-electron chi connectivity index (χ2n) is 2.13. The summed E-state index contributed by atoms with van der Waals surface area (Å²) in [5, 5.41) is 0. The van der Waals surface area contributed by atoms with Gasteiger partial charge in [0.2, 0.25) is 0 Å². The monoisotopic (exact) mass is 146 g/mol. The Bertz CT molecular complexity index is 389. The molecular formula is C9H8N2. The first-order chi connectivity index (χ1) is 6.29. The highest BCUT2D eigenvalue weighted by molar-refractivity contribution is 5.53. The van der Waals surface area contributed by atoms with E-state index in [0.29, 0.717) is 23.5 Å². The summed E-state index contributed by atoms with van der Waals surface area (Å²) in [4.78, 5) is 6.90. The fraction of sp³-hybridized carbons (Fsp3) is 0. The molecule has 0 atom stereocenters. The van der Waals surface area contributed by atoms with Crippen LogP contribution in [0, 0.1) is 0 Å². The van der Waals surface area contributed by atoms with Crippen LogP contribution in [-0.2, 0) is 0 Å². The van der Waals surface area contributed by atoms with E-state index in [9.17, 15) is 0 Å². The number of aromatic nitrogens is 2. The summed E-state index contributed by atoms with van der Waals surface area (Å²) in [5.74, 6) is 0.579. The number of imidazole rings is 1. The first kappa shape index (κ1) is 4.34. The molecule has 1 aromatic heterocycles. The van der Waals surface area contributed by atoms with Gasteiger partial charge in [-0.05, 0) is 0 Å². The lowest BCUT2D eigenvalue weighted by atomic mass is 10.2. The molecule has 2 nitrogen and oxygen atoms in total. The maximum atomic E-state index is 7.61. The van der Waals surface area contributed by atoms with Crippen molar-refractivity contribution in [1.29, 1.82) is 0 Å². The van der Waals surface area contributed by atoms with E-state index in [-0.39, 0.29) is 0 Å². The van der Waals surface area contributed by atoms with Gasteiger partial charge in [0.25, 0.3) is 0 Å². The van der Waals surface area contributed by atoms with E-state index in [1.807, 2.05) is 0 Å². The third kappa shape index (κ3) is 1.15. The normalized spacial score (nSPS) is 12.4. The second kappa shape index (κ2) is 2.58. The number of H-pyrrole nitrogens is 1. The average Bonchev–Trinajstić information content (AvgIpc) is 2.57. The molecule has 0 fully saturated rings. The third-order valence-electron chi connectivity index (χ3n) is 1.38. The Morgan fingerprint density at radius 2 is 2.09 bits per heavy atom. The summed E-state index contributed by atoms with van der Waals surface area (Å²) in [7, 11) is 0. The molecule has 0 aliphatic rings. The van der Waals surface area contributed by atoms with Gasteiger partial charge in [0, 0.05) is 18.0 Å². The highest BCUT2D eigenvalue weighted by atomic mass is 14.9. The zero-order valence-corrected chi connectivity index (χ0v) is 5.83. The molecule has 1 N–H and O–H groups in total. The number of aromatic amines is 1. The molecule has 2 heteroatoms. The first-order valence-electron chi connectivity index (χ1n) is 4.35. The van der Waals surface area contributed by atoms with Gasteiger partial charge in [-0.3, -0.25) is 0 Å². The Morgan fingerprint density at radius 3 is 2.73 bits per heavy atom. The van der Waals surface area contributed by atoms with Crippen LogP contribution in [0.1, 0.15) is 2.74 Å². The van der Waals surface area contributed by atoms with Gasteiger partial charge in [0.15, 0.2) is 0 Å². The molecule has 0 saturated carbocycles. The molecule has 2 aromatic rings. The molecule has 0 aliphatic heterocycles. The molecule has 54 valence electrons. The van der Waals surface area contributed by atoms with Crippen LogP contribution in [0.5, 0.6) is 0 Å². The number of nitrogens with one attached hydrogen (secondary N) is 1. The molecule has 11 heavy (non-hydrogen) atoms. The van der Waals surface area contributed by atoms with Crippen molar-refractivity contribution < 1.29 is 2.74 Å². The summed E-state index contributed by atoms with van der Waals surface area (Å²) in [5.41, 5.74) is 0.549. The Morgan fingerprint density at radius 1 is 1.27 bits per heavy atom. The van der Waals surface area contributed by atoms with Crippen molar-refractivity contribution in [1.82, 2.24) is 9.97 Å². The van der Waals surface area contributed by atoms with Gasteiger partial charge in [0.05, 0.1) is 2.74 Å². The van der Waals surface area contributed by atoms with Crippen LogP contribution >= 0.6 is 0 Å². The van der Waals surface area contributed by atoms with Gasteiger partial charge in [-0.15, -0.1) is 0 Å². The van der Waals surface area contributed by atoms with Gasteiger partial charge >= 0.3 is 0 Å². The van der Waals surface area contributed by atoms with E-state index in [4.69, 9.17) is 2.74 Å². The van der Waals surface area contributed by atoms with Gasteiger partial charge in [0.1, 0.15) is 5.82 Å². The molecule has 0 aliphatic carbocycles. The summed E-state index contributed by atoms with van der Waals surface area (Å²) in [6.07, 6.45) is 3.29. The van der Waals surface area contributed by atoms with Crippen LogP contribution in [0.3, 0.4) is 0 Å². The fourth-order valence-electron chi connectivity index (χ4n) is 0.891. The third-order valence-corrected chi connectivity index (χ3v) is 1.38. The van der Waals surface area contributed by atoms with Crippen LogP contribution in [0.4, 0.5) is 0 Å². The smallest absolute Gasteiger partial charge is 0.137 e. The SMILES string of the molecule is [2H]c1cccc([2H])c1-c1ncc[nH]1. The van der Waals surface area contributed by atoms with Crippen LogP contribution in [0.2, 0.25) is 0 Å². The zero-order valence-electron chi connectivity index (χ0n) is 7.83. The maximum Gasteiger partial charge on any atom is 0.137 e. The van der Waals surface area contributed by atoms with Crippen LogP contribution < -0.4 is 0 Å². The minimum Gasteiger partial charge on any atom is -0.345 e. The molecule has 0 amide bonds. The quantitative estimate of drug-likeness (QED) is 0.655. The predicted octanol–water partition coefficient (Wildman–Crippen LogP) is 2.08. The number of hydrogen-bond acceptors (Lipinski definition) is 1. The summed E-state index contributed by atoms with van der Waals surface area (Å²) in [6, 6.07) is 5.63. The Labute approximate surface area is 67.7 Å². The van der Waals surface area contributed by atoms with Crippen LogP contribution in [-0.4, -0.2) is 9.97 Å². The molecule has 0 unspecified atom stereocenters. The van der Waals surface area contributed by atoms with Crippen molar-refractivity contribution in [2.24, 2.45) is 0 Å². The molecule has 2 rings (SSSR count). The molecule has 0 spiro atoms. The highest BCUT2D eigenvalue weighted by Crippen LogP contribution is 2.11. The summed E-state index contributed by atoms with van der Waals surface area (Å²) < 4.78 is 15.2. The summed E-state index contributed by atoms with van der Waals surface area (Å²) >= 11 is 0. The lowest BCUT2D eigenvalue weighted by molar-refractivity contribution is 1.31. The summed E-state index contributed by atoms with van der Waals surface area (Å²) in [6.45, 7) is 0. The standard InChI is InChI=1S/C9H8N2/c1-2-4-8(5-3-1)9-10-6-7-11-9/h1-7H,(H,10,11)/i4D,5D. The maximum absolute atomic E-state index is 7.61. The number of hydrogen-bond donors (Lipinski definition) is 1. The molecule has 1 heterocycles. The first-order valence-corrected chi connectivity index (χ1v) is 3.35. The van der Waals surface area contributed by atoms with Gasteiger partial charge < -0.3 is 4.98 Å². The van der Waals surface area contributed by atoms with Gasteiger partial charge in [-0.2, -0.15) is 0 Å². The van der Waals surface area contributed by atoms with E-state index < -0.39 is 0 Å². The lowest BCUT2D eigenvalue weighted by Crippen LogP contribution is -1.77. The molecule has 1 aromatic carbocycles. The topological polar surface area (TPSA) is 28.7 Å². The number of nitrogens with zero attached hydrogens (tertiary/aromatic N) is 1. The van der Waals surface area contributed by atoms with Crippen molar-refractivity contribution in [2.75, 3.05) is 0 Å². The van der Waals surface area contributed by atoms with Gasteiger partial charge in [-0.25, -0.2) is 4.98 Å². The largest absolute Gasteiger partial charge is 0.345 e. The van der Waals surface area contributed by atoms with E-state index in [0.717, 1.165) is 0 Å². The van der Waals surface area contributed by atoms with E-state index in [2.05, 4.69) is 9.97 Å². The predicted molar refractivity (Wildman–Crippen MR) is 44.0 cm³/mol. The average molecular weight is 146 g/mol.